The number of aryl methyl sites for hydroxylation is 1. The maximum Gasteiger partial charge on any atom is 0.178 e. The third-order valence-corrected chi connectivity index (χ3v) is 5.42. The van der Waals surface area contributed by atoms with Crippen LogP contribution in [-0.4, -0.2) is 26.0 Å². The number of para-hydroxylation sites is 2. The van der Waals surface area contributed by atoms with Crippen LogP contribution in [0, 0.1) is 6.92 Å². The van der Waals surface area contributed by atoms with Crippen molar-refractivity contribution in [2.45, 2.75) is 24.1 Å². The smallest absolute Gasteiger partial charge is 0.178 e. The molecule has 4 nitrogen and oxygen atoms in total. The Bertz CT molecular complexity index is 1080. The summed E-state index contributed by atoms with van der Waals surface area (Å²) in [7, 11) is 0. The summed E-state index contributed by atoms with van der Waals surface area (Å²) in [4.78, 5) is 25.1. The van der Waals surface area contributed by atoms with Crippen LogP contribution in [0.5, 0.6) is 0 Å². The van der Waals surface area contributed by atoms with E-state index in [4.69, 9.17) is 0 Å². The molecule has 0 amide bonds. The van der Waals surface area contributed by atoms with E-state index in [2.05, 4.69) is 15.0 Å². The van der Waals surface area contributed by atoms with Gasteiger partial charge < -0.3 is 4.98 Å². The van der Waals surface area contributed by atoms with Gasteiger partial charge in [-0.25, -0.2) is 9.97 Å². The van der Waals surface area contributed by atoms with E-state index in [1.54, 1.807) is 6.33 Å². The van der Waals surface area contributed by atoms with Gasteiger partial charge in [-0.3, -0.25) is 4.79 Å². The molecule has 0 fully saturated rings. The van der Waals surface area contributed by atoms with Crippen molar-refractivity contribution in [2.24, 2.45) is 0 Å². The highest BCUT2D eigenvalue weighted by Gasteiger charge is 2.23. The number of carbonyl (C=O) groups excluding carboxylic acids is 1. The maximum atomic E-state index is 13.1. The second-order valence-electron chi connectivity index (χ2n) is 5.99. The monoisotopic (exact) mass is 347 g/mol. The Morgan fingerprint density at radius 2 is 1.76 bits per heavy atom. The van der Waals surface area contributed by atoms with Crippen LogP contribution in [0.4, 0.5) is 0 Å². The quantitative estimate of drug-likeness (QED) is 0.328. The minimum absolute atomic E-state index is 0.114. The molecule has 0 aliphatic rings. The summed E-state index contributed by atoms with van der Waals surface area (Å²) in [6.45, 7) is 3.88. The number of Topliss-reactive ketones (excluding diaryl/α,β-unsaturated/α-hetero) is 1. The van der Waals surface area contributed by atoms with Crippen molar-refractivity contribution in [2.75, 3.05) is 0 Å². The average Bonchev–Trinajstić information content (AvgIpc) is 2.97. The third-order valence-electron chi connectivity index (χ3n) is 4.30. The zero-order valence-corrected chi connectivity index (χ0v) is 14.8. The number of benzene rings is 2. The second-order valence-corrected chi connectivity index (χ2v) is 7.32. The lowest BCUT2D eigenvalue weighted by atomic mass is 10.1. The third kappa shape index (κ3) is 2.81. The first kappa shape index (κ1) is 15.8. The molecule has 0 aliphatic heterocycles. The van der Waals surface area contributed by atoms with E-state index in [1.807, 2.05) is 62.4 Å². The molecule has 4 rings (SSSR count). The number of nitrogens with zero attached hydrogens (tertiary/aromatic N) is 2. The van der Waals surface area contributed by atoms with Gasteiger partial charge in [0.1, 0.15) is 11.4 Å². The fourth-order valence-corrected chi connectivity index (χ4v) is 4.06. The van der Waals surface area contributed by atoms with Crippen LogP contribution in [0.2, 0.25) is 0 Å². The second kappa shape index (κ2) is 6.33. The van der Waals surface area contributed by atoms with Crippen molar-refractivity contribution in [3.05, 3.63) is 66.1 Å². The first-order valence-corrected chi connectivity index (χ1v) is 9.01. The van der Waals surface area contributed by atoms with E-state index < -0.39 is 0 Å². The number of ketones is 1. The number of fused-ring (bicyclic) bond motifs is 2. The van der Waals surface area contributed by atoms with Gasteiger partial charge >= 0.3 is 0 Å². The van der Waals surface area contributed by atoms with Crippen LogP contribution in [0.25, 0.3) is 21.8 Å². The molecule has 0 saturated carbocycles. The molecule has 25 heavy (non-hydrogen) atoms. The van der Waals surface area contributed by atoms with Crippen molar-refractivity contribution in [3.63, 3.8) is 0 Å². The van der Waals surface area contributed by atoms with Gasteiger partial charge in [0.05, 0.1) is 10.8 Å². The number of hydrogen-bond donors (Lipinski definition) is 1. The number of nitrogens with one attached hydrogen (secondary N) is 1. The van der Waals surface area contributed by atoms with E-state index in [0.717, 1.165) is 38.1 Å². The van der Waals surface area contributed by atoms with Crippen LogP contribution in [0.1, 0.15) is 23.0 Å². The molecule has 1 atom stereocenters. The van der Waals surface area contributed by atoms with Gasteiger partial charge in [-0.15, -0.1) is 0 Å². The molecule has 0 bridgehead atoms. The van der Waals surface area contributed by atoms with Crippen LogP contribution in [-0.2, 0) is 0 Å². The van der Waals surface area contributed by atoms with Crippen molar-refractivity contribution in [1.29, 1.82) is 0 Å². The summed E-state index contributed by atoms with van der Waals surface area (Å²) in [6.07, 6.45) is 1.55. The minimum Gasteiger partial charge on any atom is -0.358 e. The number of hydrogen-bond acceptors (Lipinski definition) is 4. The topological polar surface area (TPSA) is 58.6 Å². The Morgan fingerprint density at radius 3 is 2.60 bits per heavy atom. The predicted octanol–water partition coefficient (Wildman–Crippen LogP) is 4.78. The molecular formula is C20H17N3OS. The van der Waals surface area contributed by atoms with Crippen LogP contribution < -0.4 is 0 Å². The van der Waals surface area contributed by atoms with E-state index in [-0.39, 0.29) is 11.0 Å². The average molecular weight is 347 g/mol. The van der Waals surface area contributed by atoms with Crippen LogP contribution >= 0.6 is 11.8 Å². The summed E-state index contributed by atoms with van der Waals surface area (Å²) in [5, 5.41) is 2.55. The Balaban J connectivity index is 1.69. The molecule has 2 aromatic carbocycles. The lowest BCUT2D eigenvalue weighted by Crippen LogP contribution is -2.14. The Morgan fingerprint density at radius 1 is 1.04 bits per heavy atom. The SMILES string of the molecule is Cc1[nH]c2ccccc2c1C(=O)C(C)Sc1ncnc2ccccc12. The molecule has 2 aromatic heterocycles. The number of rotatable bonds is 4. The molecule has 1 N–H and O–H groups in total. The lowest BCUT2D eigenvalue weighted by Gasteiger charge is -2.11. The van der Waals surface area contributed by atoms with E-state index in [0.29, 0.717) is 0 Å². The highest BCUT2D eigenvalue weighted by Crippen LogP contribution is 2.31. The lowest BCUT2D eigenvalue weighted by molar-refractivity contribution is 0.0995. The van der Waals surface area contributed by atoms with Gasteiger partial charge in [0.15, 0.2) is 5.78 Å². The number of aromatic amines is 1. The Kier molecular flexibility index (Phi) is 4.01. The van der Waals surface area contributed by atoms with Crippen molar-refractivity contribution < 1.29 is 4.79 Å². The van der Waals surface area contributed by atoms with Gasteiger partial charge in [0.2, 0.25) is 0 Å². The molecule has 0 radical (unpaired) electrons. The van der Waals surface area contributed by atoms with Crippen molar-refractivity contribution in [1.82, 2.24) is 15.0 Å². The standard InChI is InChI=1S/C20H17N3OS/c1-12-18(14-7-3-6-10-17(14)23-12)19(24)13(2)25-20-15-8-4-5-9-16(15)21-11-22-20/h3-11,13,23H,1-2H3. The zero-order valence-electron chi connectivity index (χ0n) is 14.0. The molecule has 124 valence electrons. The Hall–Kier alpha value is -2.66. The first-order chi connectivity index (χ1) is 12.1. The van der Waals surface area contributed by atoms with Gasteiger partial charge in [0, 0.05) is 27.5 Å². The molecule has 2 heterocycles. The molecule has 0 saturated heterocycles. The minimum atomic E-state index is -0.240. The highest BCUT2D eigenvalue weighted by atomic mass is 32.2. The molecule has 5 heteroatoms. The van der Waals surface area contributed by atoms with E-state index in [9.17, 15) is 4.79 Å². The largest absolute Gasteiger partial charge is 0.358 e. The number of thioether (sulfide) groups is 1. The fraction of sp³-hybridized carbons (Fsp3) is 0.150. The van der Waals surface area contributed by atoms with E-state index >= 15 is 0 Å². The fourth-order valence-electron chi connectivity index (χ4n) is 3.09. The Labute approximate surface area is 149 Å². The maximum absolute atomic E-state index is 13.1. The predicted molar refractivity (Wildman–Crippen MR) is 102 cm³/mol. The summed E-state index contributed by atoms with van der Waals surface area (Å²) < 4.78 is 0. The highest BCUT2D eigenvalue weighted by molar-refractivity contribution is 8.00. The van der Waals surface area contributed by atoms with Crippen molar-refractivity contribution in [3.8, 4) is 0 Å². The normalized spacial score (nSPS) is 12.6. The molecule has 0 spiro atoms. The molecular weight excluding hydrogens is 330 g/mol. The zero-order chi connectivity index (χ0) is 17.4. The van der Waals surface area contributed by atoms with E-state index in [1.165, 1.54) is 11.8 Å². The number of aromatic nitrogens is 3. The number of H-pyrrole nitrogens is 1. The molecule has 4 aromatic rings. The van der Waals surface area contributed by atoms with Crippen LogP contribution in [0.15, 0.2) is 59.9 Å². The van der Waals surface area contributed by atoms with Gasteiger partial charge in [-0.1, -0.05) is 48.2 Å². The van der Waals surface area contributed by atoms with Crippen molar-refractivity contribution >= 4 is 39.4 Å². The molecule has 1 unspecified atom stereocenters. The summed E-state index contributed by atoms with van der Waals surface area (Å²) >= 11 is 1.48. The summed E-state index contributed by atoms with van der Waals surface area (Å²) in [5.74, 6) is 0.114. The summed E-state index contributed by atoms with van der Waals surface area (Å²) in [6, 6.07) is 15.8. The summed E-state index contributed by atoms with van der Waals surface area (Å²) in [5.41, 5.74) is 3.57. The van der Waals surface area contributed by atoms with Gasteiger partial charge in [-0.2, -0.15) is 0 Å². The van der Waals surface area contributed by atoms with Gasteiger partial charge in [-0.05, 0) is 26.0 Å². The number of carbonyl (C=O) groups is 1. The van der Waals surface area contributed by atoms with Gasteiger partial charge in [0.25, 0.3) is 0 Å². The molecule has 0 aliphatic carbocycles. The first-order valence-electron chi connectivity index (χ1n) is 8.13. The van der Waals surface area contributed by atoms with Crippen LogP contribution in [0.3, 0.4) is 0 Å².